The van der Waals surface area contributed by atoms with E-state index in [0.717, 1.165) is 0 Å². The highest BCUT2D eigenvalue weighted by Crippen LogP contribution is 2.20. The topological polar surface area (TPSA) is 77.2 Å². The van der Waals surface area contributed by atoms with E-state index in [2.05, 4.69) is 0 Å². The van der Waals surface area contributed by atoms with Crippen LogP contribution < -0.4 is 5.73 Å². The van der Waals surface area contributed by atoms with E-state index in [-0.39, 0.29) is 29.2 Å². The molecule has 0 bridgehead atoms. The summed E-state index contributed by atoms with van der Waals surface area (Å²) in [5.41, 5.74) is 5.57. The molecule has 1 aliphatic heterocycles. The van der Waals surface area contributed by atoms with Crippen LogP contribution in [0.1, 0.15) is 13.3 Å². The van der Waals surface area contributed by atoms with Gasteiger partial charge in [0.15, 0.2) is 9.84 Å². The third-order valence-corrected chi connectivity index (χ3v) is 3.90. The highest BCUT2D eigenvalue weighted by atomic mass is 32.2. The molecule has 70 valence electrons. The molecule has 1 aliphatic rings. The third-order valence-electron chi connectivity index (χ3n) is 2.07. The molecule has 0 amide bonds. The zero-order valence-electron chi connectivity index (χ0n) is 6.99. The van der Waals surface area contributed by atoms with Crippen molar-refractivity contribution in [3.63, 3.8) is 0 Å². The van der Waals surface area contributed by atoms with Crippen LogP contribution in [0, 0.1) is 5.92 Å². The maximum absolute atomic E-state index is 11.0. The normalized spacial score (nSPS) is 33.5. The monoisotopic (exact) mass is 191 g/mol. The zero-order chi connectivity index (χ0) is 9.35. The van der Waals surface area contributed by atoms with E-state index in [1.807, 2.05) is 0 Å². The van der Waals surface area contributed by atoms with Gasteiger partial charge in [0.2, 0.25) is 0 Å². The van der Waals surface area contributed by atoms with Gasteiger partial charge in [-0.25, -0.2) is 8.42 Å². The molecule has 0 aromatic heterocycles. The Labute approximate surface area is 72.0 Å². The molecular formula is C7H13NO3S. The van der Waals surface area contributed by atoms with Crippen LogP contribution in [0.15, 0.2) is 0 Å². The van der Waals surface area contributed by atoms with E-state index in [1.54, 1.807) is 0 Å². The molecule has 0 aromatic rings. The maximum atomic E-state index is 11.0. The highest BCUT2D eigenvalue weighted by molar-refractivity contribution is 7.91. The highest BCUT2D eigenvalue weighted by Gasteiger charge is 2.35. The van der Waals surface area contributed by atoms with Crippen LogP contribution in [-0.2, 0) is 14.6 Å². The number of hydrogen-bond acceptors (Lipinski definition) is 4. The summed E-state index contributed by atoms with van der Waals surface area (Å²) in [5, 5.41) is 0. The lowest BCUT2D eigenvalue weighted by molar-refractivity contribution is -0.117. The summed E-state index contributed by atoms with van der Waals surface area (Å²) in [6.07, 6.45) is 0.292. The van der Waals surface area contributed by atoms with Crippen LogP contribution in [0.25, 0.3) is 0 Å². The van der Waals surface area contributed by atoms with E-state index >= 15 is 0 Å². The lowest BCUT2D eigenvalue weighted by Gasteiger charge is -2.09. The number of carbonyl (C=O) groups is 1. The first kappa shape index (κ1) is 9.67. The van der Waals surface area contributed by atoms with Gasteiger partial charge in [0.25, 0.3) is 0 Å². The zero-order valence-corrected chi connectivity index (χ0v) is 7.80. The Morgan fingerprint density at radius 3 is 2.42 bits per heavy atom. The van der Waals surface area contributed by atoms with Gasteiger partial charge in [-0.2, -0.15) is 0 Å². The lowest BCUT2D eigenvalue weighted by atomic mass is 9.99. The van der Waals surface area contributed by atoms with E-state index in [4.69, 9.17) is 5.73 Å². The van der Waals surface area contributed by atoms with Gasteiger partial charge in [0.1, 0.15) is 5.78 Å². The third kappa shape index (κ3) is 2.28. The molecule has 2 N–H and O–H groups in total. The molecule has 12 heavy (non-hydrogen) atoms. The molecule has 1 heterocycles. The standard InChI is InChI=1S/C7H13NO3S/c1-5(9)2-6-3-12(10,11)4-7(6)8/h6-7H,2-4,8H2,1H3. The SMILES string of the molecule is CC(=O)CC1CS(=O)(=O)CC1N. The van der Waals surface area contributed by atoms with Gasteiger partial charge in [-0.15, -0.1) is 0 Å². The summed E-state index contributed by atoms with van der Waals surface area (Å²) < 4.78 is 22.1. The predicted molar refractivity (Wildman–Crippen MR) is 45.4 cm³/mol. The van der Waals surface area contributed by atoms with Gasteiger partial charge < -0.3 is 10.5 Å². The molecule has 1 rings (SSSR count). The first-order valence-corrected chi connectivity index (χ1v) is 5.68. The Kier molecular flexibility index (Phi) is 2.53. The van der Waals surface area contributed by atoms with Crippen molar-refractivity contribution in [3.05, 3.63) is 0 Å². The second kappa shape index (κ2) is 3.14. The molecule has 1 fully saturated rings. The molecule has 0 radical (unpaired) electrons. The van der Waals surface area contributed by atoms with Crippen LogP contribution >= 0.6 is 0 Å². The molecule has 4 nitrogen and oxygen atoms in total. The smallest absolute Gasteiger partial charge is 0.152 e. The summed E-state index contributed by atoms with van der Waals surface area (Å²) >= 11 is 0. The fourth-order valence-corrected chi connectivity index (χ4v) is 3.54. The Hall–Kier alpha value is -0.420. The average molecular weight is 191 g/mol. The lowest BCUT2D eigenvalue weighted by Crippen LogP contribution is -2.29. The Bertz CT molecular complexity index is 283. The van der Waals surface area contributed by atoms with E-state index < -0.39 is 9.84 Å². The summed E-state index contributed by atoms with van der Waals surface area (Å²) in [5.74, 6) is -0.0429. The molecular weight excluding hydrogens is 178 g/mol. The summed E-state index contributed by atoms with van der Waals surface area (Å²) in [6.45, 7) is 1.46. The quantitative estimate of drug-likeness (QED) is 0.628. The van der Waals surface area contributed by atoms with Gasteiger partial charge in [-0.05, 0) is 12.8 Å². The van der Waals surface area contributed by atoms with Crippen molar-refractivity contribution >= 4 is 15.6 Å². The van der Waals surface area contributed by atoms with Crippen LogP contribution in [0.3, 0.4) is 0 Å². The first-order valence-electron chi connectivity index (χ1n) is 3.86. The Morgan fingerprint density at radius 1 is 1.50 bits per heavy atom. The molecule has 1 saturated heterocycles. The number of Topliss-reactive ketones (excluding diaryl/α,β-unsaturated/α-hetero) is 1. The fraction of sp³-hybridized carbons (Fsp3) is 0.857. The Balaban J connectivity index is 2.64. The number of sulfone groups is 1. The molecule has 0 aromatic carbocycles. The number of ketones is 1. The fourth-order valence-electron chi connectivity index (χ4n) is 1.53. The van der Waals surface area contributed by atoms with Crippen molar-refractivity contribution in [2.24, 2.45) is 11.7 Å². The van der Waals surface area contributed by atoms with Gasteiger partial charge in [-0.1, -0.05) is 0 Å². The van der Waals surface area contributed by atoms with Gasteiger partial charge in [-0.3, -0.25) is 0 Å². The van der Waals surface area contributed by atoms with Crippen molar-refractivity contribution < 1.29 is 13.2 Å². The van der Waals surface area contributed by atoms with E-state index in [1.165, 1.54) is 6.92 Å². The largest absolute Gasteiger partial charge is 0.326 e. The van der Waals surface area contributed by atoms with Gasteiger partial charge in [0.05, 0.1) is 11.5 Å². The summed E-state index contributed by atoms with van der Waals surface area (Å²) in [6, 6.07) is -0.348. The average Bonchev–Trinajstić information content (AvgIpc) is 2.03. The number of hydrogen-bond donors (Lipinski definition) is 1. The maximum Gasteiger partial charge on any atom is 0.152 e. The number of nitrogens with two attached hydrogens (primary N) is 1. The van der Waals surface area contributed by atoms with Crippen LogP contribution in [0.5, 0.6) is 0 Å². The minimum absolute atomic E-state index is 0.00699. The second-order valence-corrected chi connectivity index (χ2v) is 5.56. The molecule has 5 heteroatoms. The summed E-state index contributed by atoms with van der Waals surface area (Å²) in [7, 11) is -2.97. The molecule has 0 aliphatic carbocycles. The van der Waals surface area contributed by atoms with Crippen molar-refractivity contribution in [2.75, 3.05) is 11.5 Å². The van der Waals surface area contributed by atoms with Crippen LogP contribution in [0.4, 0.5) is 0 Å². The second-order valence-electron chi connectivity index (χ2n) is 3.41. The van der Waals surface area contributed by atoms with Gasteiger partial charge >= 0.3 is 0 Å². The molecule has 2 unspecified atom stereocenters. The molecule has 0 spiro atoms. The minimum Gasteiger partial charge on any atom is -0.326 e. The summed E-state index contributed by atoms with van der Waals surface area (Å²) in [4.78, 5) is 10.7. The van der Waals surface area contributed by atoms with Crippen molar-refractivity contribution in [3.8, 4) is 0 Å². The Morgan fingerprint density at radius 2 is 2.08 bits per heavy atom. The van der Waals surface area contributed by atoms with Gasteiger partial charge in [0, 0.05) is 12.5 Å². The van der Waals surface area contributed by atoms with Crippen LogP contribution in [0.2, 0.25) is 0 Å². The van der Waals surface area contributed by atoms with E-state index in [0.29, 0.717) is 6.42 Å². The minimum atomic E-state index is -2.97. The van der Waals surface area contributed by atoms with Crippen LogP contribution in [-0.4, -0.2) is 31.7 Å². The van der Waals surface area contributed by atoms with Crippen molar-refractivity contribution in [2.45, 2.75) is 19.4 Å². The predicted octanol–water partition coefficient (Wildman–Crippen LogP) is -0.663. The van der Waals surface area contributed by atoms with Crippen molar-refractivity contribution in [1.29, 1.82) is 0 Å². The molecule has 2 atom stereocenters. The first-order chi connectivity index (χ1) is 5.41. The van der Waals surface area contributed by atoms with Crippen molar-refractivity contribution in [1.82, 2.24) is 0 Å². The number of rotatable bonds is 2. The molecule has 0 saturated carbocycles. The van der Waals surface area contributed by atoms with E-state index in [9.17, 15) is 13.2 Å². The number of carbonyl (C=O) groups excluding carboxylic acids is 1.